The van der Waals surface area contributed by atoms with E-state index in [1.165, 1.54) is 14.2 Å². The lowest BCUT2D eigenvalue weighted by Gasteiger charge is -2.39. The van der Waals surface area contributed by atoms with Crippen LogP contribution < -0.4 is 14.8 Å². The molecule has 1 heterocycles. The third-order valence-electron chi connectivity index (χ3n) is 3.86. The minimum atomic E-state index is -3.28. The lowest BCUT2D eigenvalue weighted by Crippen LogP contribution is -2.51. The van der Waals surface area contributed by atoms with Crippen LogP contribution in [0.1, 0.15) is 11.6 Å². The van der Waals surface area contributed by atoms with Crippen LogP contribution in [0.15, 0.2) is 18.2 Å². The summed E-state index contributed by atoms with van der Waals surface area (Å²) in [6.45, 7) is 0.984. The maximum absolute atomic E-state index is 14.4. The highest BCUT2D eigenvalue weighted by molar-refractivity contribution is 5.48. The molecule has 1 atom stereocenters. The summed E-state index contributed by atoms with van der Waals surface area (Å²) in [6, 6.07) is 3.65. The first-order valence-corrected chi connectivity index (χ1v) is 7.19. The fourth-order valence-corrected chi connectivity index (χ4v) is 2.85. The molecule has 0 bridgehead atoms. The van der Waals surface area contributed by atoms with Crippen molar-refractivity contribution in [3.8, 4) is 11.5 Å². The lowest BCUT2D eigenvalue weighted by atomic mass is 9.96. The summed E-state index contributed by atoms with van der Waals surface area (Å²) in [5.41, 5.74) is 0.322. The molecule has 0 amide bonds. The molecule has 1 aromatic carbocycles. The fourth-order valence-electron chi connectivity index (χ4n) is 2.85. The number of ether oxygens (including phenoxy) is 2. The van der Waals surface area contributed by atoms with Crippen LogP contribution >= 0.6 is 0 Å². The highest BCUT2D eigenvalue weighted by atomic mass is 19.3. The largest absolute Gasteiger partial charge is 0.493 e. The predicted octanol–water partition coefficient (Wildman–Crippen LogP) is 1.28. The number of hydrogen-bond acceptors (Lipinski definition) is 5. The van der Waals surface area contributed by atoms with Crippen LogP contribution in [0.2, 0.25) is 0 Å². The molecular weight excluding hydrogens is 294 g/mol. The van der Waals surface area contributed by atoms with Gasteiger partial charge in [-0.1, -0.05) is 12.1 Å². The predicted molar refractivity (Wildman–Crippen MR) is 78.8 cm³/mol. The van der Waals surface area contributed by atoms with E-state index in [0.29, 0.717) is 37.5 Å². The summed E-state index contributed by atoms with van der Waals surface area (Å²) in [6.07, 6.45) is 0. The van der Waals surface area contributed by atoms with Crippen molar-refractivity contribution in [3.63, 3.8) is 0 Å². The van der Waals surface area contributed by atoms with E-state index in [2.05, 4.69) is 5.32 Å². The van der Waals surface area contributed by atoms with Gasteiger partial charge in [-0.05, 0) is 6.07 Å². The van der Waals surface area contributed by atoms with Gasteiger partial charge in [0.1, 0.15) is 12.6 Å². The smallest absolute Gasteiger partial charge is 0.290 e. The Balaban J connectivity index is 2.49. The van der Waals surface area contributed by atoms with Crippen molar-refractivity contribution in [2.45, 2.75) is 12.0 Å². The summed E-state index contributed by atoms with van der Waals surface area (Å²) in [7, 11) is 2.89. The molecule has 7 heteroatoms. The molecule has 0 saturated carbocycles. The van der Waals surface area contributed by atoms with Crippen LogP contribution in [-0.2, 0) is 0 Å². The third kappa shape index (κ3) is 3.31. The minimum absolute atomic E-state index is 0.279. The van der Waals surface area contributed by atoms with Crippen molar-refractivity contribution in [2.75, 3.05) is 47.0 Å². The van der Waals surface area contributed by atoms with Crippen LogP contribution in [0.5, 0.6) is 11.5 Å². The van der Waals surface area contributed by atoms with Crippen LogP contribution in [0.4, 0.5) is 8.78 Å². The van der Waals surface area contributed by atoms with Gasteiger partial charge in [0.15, 0.2) is 11.5 Å². The van der Waals surface area contributed by atoms with Crippen molar-refractivity contribution in [2.24, 2.45) is 0 Å². The van der Waals surface area contributed by atoms with E-state index in [9.17, 15) is 13.9 Å². The Bertz CT molecular complexity index is 494. The Morgan fingerprint density at radius 3 is 2.50 bits per heavy atom. The first-order valence-electron chi connectivity index (χ1n) is 7.19. The second-order valence-electron chi connectivity index (χ2n) is 5.19. The standard InChI is InChI=1S/C15H22F2N2O3/c1-21-12-5-3-4-11(13(12)22-2)14(15(16,17)10-20)19-8-6-18-7-9-19/h3-5,14,18,20H,6-10H2,1-2H3/t14-/m0/s1. The number of hydrogen-bond donors (Lipinski definition) is 2. The SMILES string of the molecule is COc1cccc([C@H](N2CCNCC2)C(F)(F)CO)c1OC. The van der Waals surface area contributed by atoms with Gasteiger partial charge >= 0.3 is 0 Å². The second kappa shape index (κ2) is 7.21. The molecule has 1 aliphatic heterocycles. The Morgan fingerprint density at radius 2 is 1.95 bits per heavy atom. The number of rotatable bonds is 6. The number of alkyl halides is 2. The molecule has 2 rings (SSSR count). The van der Waals surface area contributed by atoms with E-state index >= 15 is 0 Å². The number of halogens is 2. The van der Waals surface area contributed by atoms with Gasteiger partial charge in [0.25, 0.3) is 5.92 Å². The molecule has 124 valence electrons. The highest BCUT2D eigenvalue weighted by Crippen LogP contribution is 2.43. The quantitative estimate of drug-likeness (QED) is 0.828. The van der Waals surface area contributed by atoms with E-state index in [0.717, 1.165) is 0 Å². The van der Waals surface area contributed by atoms with Crippen LogP contribution in [0, 0.1) is 0 Å². The van der Waals surface area contributed by atoms with E-state index in [1.807, 2.05) is 0 Å². The van der Waals surface area contributed by atoms with Gasteiger partial charge in [0.2, 0.25) is 0 Å². The molecule has 2 N–H and O–H groups in total. The van der Waals surface area contributed by atoms with Gasteiger partial charge in [0.05, 0.1) is 14.2 Å². The number of piperazine rings is 1. The summed E-state index contributed by atoms with van der Waals surface area (Å²) in [5.74, 6) is -2.60. The highest BCUT2D eigenvalue weighted by Gasteiger charge is 2.45. The molecule has 0 unspecified atom stereocenters. The first-order chi connectivity index (χ1) is 10.5. The number of aliphatic hydroxyl groups is 1. The maximum atomic E-state index is 14.4. The molecule has 1 aromatic rings. The number of aliphatic hydroxyl groups excluding tert-OH is 1. The zero-order valence-electron chi connectivity index (χ0n) is 12.8. The normalized spacial score (nSPS) is 18.0. The lowest BCUT2D eigenvalue weighted by molar-refractivity contribution is -0.119. The zero-order valence-corrected chi connectivity index (χ0v) is 12.8. The van der Waals surface area contributed by atoms with Gasteiger partial charge in [-0.2, -0.15) is 0 Å². The van der Waals surface area contributed by atoms with E-state index in [1.54, 1.807) is 23.1 Å². The molecule has 5 nitrogen and oxygen atoms in total. The number of nitrogens with zero attached hydrogens (tertiary/aromatic N) is 1. The summed E-state index contributed by atoms with van der Waals surface area (Å²) in [5, 5.41) is 12.3. The Morgan fingerprint density at radius 1 is 1.27 bits per heavy atom. The second-order valence-corrected chi connectivity index (χ2v) is 5.19. The molecule has 1 aliphatic rings. The van der Waals surface area contributed by atoms with E-state index in [-0.39, 0.29) is 5.75 Å². The average Bonchev–Trinajstić information content (AvgIpc) is 2.55. The van der Waals surface area contributed by atoms with Gasteiger partial charge < -0.3 is 19.9 Å². The van der Waals surface area contributed by atoms with Crippen molar-refractivity contribution in [3.05, 3.63) is 23.8 Å². The molecule has 1 saturated heterocycles. The first kappa shape index (κ1) is 16.9. The fraction of sp³-hybridized carbons (Fsp3) is 0.600. The van der Waals surface area contributed by atoms with Crippen molar-refractivity contribution in [1.82, 2.24) is 10.2 Å². The van der Waals surface area contributed by atoms with Crippen molar-refractivity contribution < 1.29 is 23.4 Å². The van der Waals surface area contributed by atoms with Gasteiger partial charge in [-0.25, -0.2) is 8.78 Å². The molecular formula is C15H22F2N2O3. The summed E-state index contributed by atoms with van der Waals surface area (Å²) in [4.78, 5) is 1.67. The number of methoxy groups -OCH3 is 2. The molecule has 0 aromatic heterocycles. The summed E-state index contributed by atoms with van der Waals surface area (Å²) >= 11 is 0. The molecule has 22 heavy (non-hydrogen) atoms. The number of benzene rings is 1. The van der Waals surface area contributed by atoms with Crippen LogP contribution in [0.3, 0.4) is 0 Å². The molecule has 1 fully saturated rings. The Kier molecular flexibility index (Phi) is 5.55. The Hall–Kier alpha value is -1.44. The van der Waals surface area contributed by atoms with Gasteiger partial charge in [0, 0.05) is 31.7 Å². The molecule has 0 aliphatic carbocycles. The molecule has 0 spiro atoms. The third-order valence-corrected chi connectivity index (χ3v) is 3.86. The minimum Gasteiger partial charge on any atom is -0.493 e. The number of para-hydroxylation sites is 1. The number of nitrogens with one attached hydrogen (secondary N) is 1. The Labute approximate surface area is 128 Å². The monoisotopic (exact) mass is 316 g/mol. The molecule has 0 radical (unpaired) electrons. The average molecular weight is 316 g/mol. The topological polar surface area (TPSA) is 54.0 Å². The van der Waals surface area contributed by atoms with E-state index < -0.39 is 18.6 Å². The van der Waals surface area contributed by atoms with Crippen LogP contribution in [0.25, 0.3) is 0 Å². The van der Waals surface area contributed by atoms with Crippen molar-refractivity contribution >= 4 is 0 Å². The van der Waals surface area contributed by atoms with Gasteiger partial charge in [-0.15, -0.1) is 0 Å². The van der Waals surface area contributed by atoms with Gasteiger partial charge in [-0.3, -0.25) is 4.90 Å². The maximum Gasteiger partial charge on any atom is 0.290 e. The van der Waals surface area contributed by atoms with Crippen LogP contribution in [-0.4, -0.2) is 62.9 Å². The van der Waals surface area contributed by atoms with E-state index in [4.69, 9.17) is 9.47 Å². The van der Waals surface area contributed by atoms with Crippen molar-refractivity contribution in [1.29, 1.82) is 0 Å². The zero-order chi connectivity index (χ0) is 16.2. The summed E-state index contributed by atoms with van der Waals surface area (Å²) < 4.78 is 39.4.